The zero-order valence-corrected chi connectivity index (χ0v) is 20.3. The third kappa shape index (κ3) is 6.04. The molecule has 1 amide bonds. The molecule has 0 aromatic carbocycles. The minimum Gasteiger partial charge on any atom is -0.356 e. The number of nitrogens with one attached hydrogen (secondary N) is 1. The molecule has 0 unspecified atom stereocenters. The highest BCUT2D eigenvalue weighted by Crippen LogP contribution is 2.19. The summed E-state index contributed by atoms with van der Waals surface area (Å²) >= 11 is 0. The molecule has 0 radical (unpaired) electrons. The van der Waals surface area contributed by atoms with Crippen LogP contribution in [0.3, 0.4) is 0 Å². The van der Waals surface area contributed by atoms with Crippen LogP contribution in [0.25, 0.3) is 0 Å². The van der Waals surface area contributed by atoms with Crippen LogP contribution in [0.4, 0.5) is 5.69 Å². The summed E-state index contributed by atoms with van der Waals surface area (Å²) in [7, 11) is 0.442. The normalized spacial score (nSPS) is 20.0. The first kappa shape index (κ1) is 23.9. The van der Waals surface area contributed by atoms with Crippen LogP contribution in [-0.4, -0.2) is 91.8 Å². The SMILES string of the molecule is CN=C(NCC1CCN(S(C)(=O)=O)CC1)N1CCN(c2cnn(C)c2)C(=O)C1.I. The lowest BCUT2D eigenvalue weighted by Crippen LogP contribution is -2.56. The van der Waals surface area contributed by atoms with E-state index < -0.39 is 10.0 Å². The molecule has 12 heteroatoms. The van der Waals surface area contributed by atoms with E-state index in [-0.39, 0.29) is 36.4 Å². The maximum Gasteiger partial charge on any atom is 0.246 e. The average Bonchev–Trinajstić information content (AvgIpc) is 3.08. The van der Waals surface area contributed by atoms with Crippen molar-refractivity contribution in [3.05, 3.63) is 12.4 Å². The Labute approximate surface area is 189 Å². The Morgan fingerprint density at radius 2 is 1.97 bits per heavy atom. The first-order chi connectivity index (χ1) is 13.3. The van der Waals surface area contributed by atoms with Crippen LogP contribution < -0.4 is 10.2 Å². The number of halogens is 1. The smallest absolute Gasteiger partial charge is 0.246 e. The van der Waals surface area contributed by atoms with Crippen LogP contribution in [0.5, 0.6) is 0 Å². The van der Waals surface area contributed by atoms with Crippen LogP contribution in [0.2, 0.25) is 0 Å². The fourth-order valence-electron chi connectivity index (χ4n) is 3.69. The van der Waals surface area contributed by atoms with Gasteiger partial charge in [0.15, 0.2) is 5.96 Å². The molecule has 1 aromatic heterocycles. The molecule has 0 bridgehead atoms. The van der Waals surface area contributed by atoms with Crippen LogP contribution in [0.15, 0.2) is 17.4 Å². The van der Waals surface area contributed by atoms with Gasteiger partial charge in [-0.3, -0.25) is 14.5 Å². The predicted octanol–water partition coefficient (Wildman–Crippen LogP) is -0.0663. The average molecular weight is 539 g/mol. The van der Waals surface area contributed by atoms with Crippen molar-refractivity contribution in [2.75, 3.05) is 57.5 Å². The third-order valence-corrected chi connectivity index (χ3v) is 6.63. The summed E-state index contributed by atoms with van der Waals surface area (Å²) in [5.41, 5.74) is 0.813. The van der Waals surface area contributed by atoms with Gasteiger partial charge in [-0.1, -0.05) is 0 Å². The van der Waals surface area contributed by atoms with E-state index in [0.29, 0.717) is 38.1 Å². The minimum absolute atomic E-state index is 0. The van der Waals surface area contributed by atoms with E-state index in [1.54, 1.807) is 22.8 Å². The lowest BCUT2D eigenvalue weighted by Gasteiger charge is -2.36. The summed E-state index contributed by atoms with van der Waals surface area (Å²) in [6.45, 7) is 3.38. The van der Waals surface area contributed by atoms with Gasteiger partial charge in [-0.2, -0.15) is 5.10 Å². The van der Waals surface area contributed by atoms with Crippen LogP contribution in [0, 0.1) is 5.92 Å². The van der Waals surface area contributed by atoms with Crippen LogP contribution in [-0.2, 0) is 21.9 Å². The molecular weight excluding hydrogens is 509 g/mol. The van der Waals surface area contributed by atoms with E-state index in [0.717, 1.165) is 25.1 Å². The number of piperazine rings is 1. The number of amides is 1. The molecule has 164 valence electrons. The first-order valence-corrected chi connectivity index (χ1v) is 11.3. The van der Waals surface area contributed by atoms with Crippen molar-refractivity contribution in [2.45, 2.75) is 12.8 Å². The summed E-state index contributed by atoms with van der Waals surface area (Å²) in [5, 5.41) is 7.49. The Hall–Kier alpha value is -1.41. The van der Waals surface area contributed by atoms with Gasteiger partial charge in [-0.25, -0.2) is 12.7 Å². The van der Waals surface area contributed by atoms with Crippen LogP contribution >= 0.6 is 24.0 Å². The number of carbonyl (C=O) groups excluding carboxylic acids is 1. The summed E-state index contributed by atoms with van der Waals surface area (Å²) in [5.74, 6) is 1.12. The Bertz CT molecular complexity index is 834. The quantitative estimate of drug-likeness (QED) is 0.327. The third-order valence-electron chi connectivity index (χ3n) is 5.33. The Morgan fingerprint density at radius 3 is 2.48 bits per heavy atom. The number of nitrogens with zero attached hydrogens (tertiary/aromatic N) is 6. The van der Waals surface area contributed by atoms with Crippen molar-refractivity contribution in [3.63, 3.8) is 0 Å². The summed E-state index contributed by atoms with van der Waals surface area (Å²) in [6.07, 6.45) is 6.44. The number of aromatic nitrogens is 2. The van der Waals surface area contributed by atoms with E-state index in [1.807, 2.05) is 18.1 Å². The minimum atomic E-state index is -3.10. The van der Waals surface area contributed by atoms with Crippen molar-refractivity contribution in [3.8, 4) is 0 Å². The lowest BCUT2D eigenvalue weighted by atomic mass is 9.98. The second-order valence-electron chi connectivity index (χ2n) is 7.37. The van der Waals surface area contributed by atoms with Gasteiger partial charge in [0.05, 0.1) is 18.1 Å². The second kappa shape index (κ2) is 10.1. The van der Waals surface area contributed by atoms with E-state index >= 15 is 0 Å². The molecule has 3 rings (SSSR count). The molecule has 2 saturated heterocycles. The summed E-state index contributed by atoms with van der Waals surface area (Å²) in [6, 6.07) is 0. The molecule has 0 saturated carbocycles. The number of guanidine groups is 1. The molecule has 2 aliphatic heterocycles. The van der Waals surface area contributed by atoms with E-state index in [1.165, 1.54) is 10.6 Å². The second-order valence-corrected chi connectivity index (χ2v) is 9.36. The van der Waals surface area contributed by atoms with Crippen molar-refractivity contribution in [1.29, 1.82) is 0 Å². The molecule has 0 spiro atoms. The standard InChI is InChI=1S/C17H29N7O3S.HI/c1-18-17(19-10-14-4-6-23(7-5-14)28(3,26)27)22-8-9-24(16(25)13-22)15-11-20-21(2)12-15;/h11-12,14H,4-10,13H2,1-3H3,(H,18,19);1H. The molecule has 10 nitrogen and oxygen atoms in total. The number of aliphatic imine (C=N–C) groups is 1. The van der Waals surface area contributed by atoms with Gasteiger partial charge in [0.1, 0.15) is 6.54 Å². The molecule has 2 fully saturated rings. The van der Waals surface area contributed by atoms with E-state index in [9.17, 15) is 13.2 Å². The number of sulfonamides is 1. The zero-order valence-electron chi connectivity index (χ0n) is 17.1. The molecule has 0 atom stereocenters. The van der Waals surface area contributed by atoms with Gasteiger partial charge in [-0.05, 0) is 18.8 Å². The fraction of sp³-hybridized carbons (Fsp3) is 0.706. The predicted molar refractivity (Wildman–Crippen MR) is 123 cm³/mol. The van der Waals surface area contributed by atoms with E-state index in [2.05, 4.69) is 15.4 Å². The van der Waals surface area contributed by atoms with Crippen molar-refractivity contribution >= 4 is 51.6 Å². The molecular formula is C17H30IN7O3S. The van der Waals surface area contributed by atoms with E-state index in [4.69, 9.17) is 0 Å². The van der Waals surface area contributed by atoms with Gasteiger partial charge in [-0.15, -0.1) is 24.0 Å². The maximum absolute atomic E-state index is 12.6. The Morgan fingerprint density at radius 1 is 1.28 bits per heavy atom. The highest BCUT2D eigenvalue weighted by Gasteiger charge is 2.29. The number of rotatable bonds is 4. The molecule has 2 aliphatic rings. The monoisotopic (exact) mass is 539 g/mol. The molecule has 1 aromatic rings. The van der Waals surface area contributed by atoms with Gasteiger partial charge in [0.25, 0.3) is 0 Å². The summed E-state index contributed by atoms with van der Waals surface area (Å²) < 4.78 is 26.5. The lowest BCUT2D eigenvalue weighted by molar-refractivity contribution is -0.120. The Kier molecular flexibility index (Phi) is 8.28. The largest absolute Gasteiger partial charge is 0.356 e. The zero-order chi connectivity index (χ0) is 20.3. The van der Waals surface area contributed by atoms with Crippen molar-refractivity contribution < 1.29 is 13.2 Å². The molecule has 29 heavy (non-hydrogen) atoms. The van der Waals surface area contributed by atoms with Crippen LogP contribution in [0.1, 0.15) is 12.8 Å². The first-order valence-electron chi connectivity index (χ1n) is 9.47. The Balaban J connectivity index is 0.00000300. The van der Waals surface area contributed by atoms with Gasteiger partial charge < -0.3 is 15.1 Å². The molecule has 0 aliphatic carbocycles. The molecule has 3 heterocycles. The number of hydrogen-bond donors (Lipinski definition) is 1. The highest BCUT2D eigenvalue weighted by atomic mass is 127. The summed E-state index contributed by atoms with van der Waals surface area (Å²) in [4.78, 5) is 20.6. The fourth-order valence-corrected chi connectivity index (χ4v) is 4.56. The number of piperidine rings is 1. The van der Waals surface area contributed by atoms with Gasteiger partial charge in [0, 0.05) is 53.0 Å². The number of anilines is 1. The molecule has 1 N–H and O–H groups in total. The topological polar surface area (TPSA) is 103 Å². The van der Waals surface area contributed by atoms with Crippen molar-refractivity contribution in [2.24, 2.45) is 18.0 Å². The highest BCUT2D eigenvalue weighted by molar-refractivity contribution is 14.0. The maximum atomic E-state index is 12.6. The van der Waals surface area contributed by atoms with Gasteiger partial charge >= 0.3 is 0 Å². The number of aryl methyl sites for hydroxylation is 1. The van der Waals surface area contributed by atoms with Crippen molar-refractivity contribution in [1.82, 2.24) is 24.3 Å². The number of carbonyl (C=O) groups is 1. The van der Waals surface area contributed by atoms with Gasteiger partial charge in [0.2, 0.25) is 15.9 Å². The number of hydrogen-bond acceptors (Lipinski definition) is 5.